The summed E-state index contributed by atoms with van der Waals surface area (Å²) in [6, 6.07) is 14.0. The number of benzene rings is 3. The van der Waals surface area contributed by atoms with Crippen LogP contribution in [-0.4, -0.2) is 32.7 Å². The summed E-state index contributed by atoms with van der Waals surface area (Å²) in [5, 5.41) is 14.0. The average Bonchev–Trinajstić information content (AvgIpc) is 3.14. The molecule has 1 amide bonds. The highest BCUT2D eigenvalue weighted by atomic mass is 35.5. The summed E-state index contributed by atoms with van der Waals surface area (Å²) in [6.07, 6.45) is 0. The van der Waals surface area contributed by atoms with Crippen LogP contribution in [0.3, 0.4) is 0 Å². The van der Waals surface area contributed by atoms with Crippen molar-refractivity contribution in [2.45, 2.75) is 6.61 Å². The molecule has 0 aliphatic heterocycles. The quantitative estimate of drug-likeness (QED) is 0.502. The third-order valence-corrected chi connectivity index (χ3v) is 4.44. The monoisotopic (exact) mass is 431 g/mol. The molecule has 0 bridgehead atoms. The zero-order valence-corrected chi connectivity index (χ0v) is 15.7. The first kappa shape index (κ1) is 19.5. The van der Waals surface area contributed by atoms with Gasteiger partial charge in [-0.15, -0.1) is 0 Å². The van der Waals surface area contributed by atoms with Crippen LogP contribution < -0.4 is 15.7 Å². The van der Waals surface area contributed by atoms with Crippen LogP contribution >= 0.6 is 11.6 Å². The van der Waals surface area contributed by atoms with Crippen molar-refractivity contribution in [3.8, 4) is 11.4 Å². The van der Waals surface area contributed by atoms with Gasteiger partial charge < -0.3 is 10.1 Å². The van der Waals surface area contributed by atoms with Gasteiger partial charge in [0.1, 0.15) is 5.75 Å². The van der Waals surface area contributed by atoms with Crippen molar-refractivity contribution in [2.75, 3.05) is 5.32 Å². The third kappa shape index (κ3) is 3.98. The minimum atomic E-state index is -3.06. The first-order chi connectivity index (χ1) is 14.4. The summed E-state index contributed by atoms with van der Waals surface area (Å²) in [5.41, 5.74) is -0.222. The molecular weight excluding hydrogens is 420 g/mol. The van der Waals surface area contributed by atoms with E-state index in [1.54, 1.807) is 36.4 Å². The van der Waals surface area contributed by atoms with Crippen LogP contribution in [0.4, 0.5) is 14.5 Å². The van der Waals surface area contributed by atoms with Gasteiger partial charge >= 0.3 is 12.3 Å². The van der Waals surface area contributed by atoms with Gasteiger partial charge in [-0.05, 0) is 57.6 Å². The maximum absolute atomic E-state index is 12.8. The van der Waals surface area contributed by atoms with Crippen LogP contribution in [-0.2, 0) is 0 Å². The Labute approximate surface area is 172 Å². The van der Waals surface area contributed by atoms with E-state index in [1.165, 1.54) is 12.1 Å². The average molecular weight is 432 g/mol. The topological polar surface area (TPSA) is 102 Å². The molecule has 0 saturated heterocycles. The number of hydrogen-bond donors (Lipinski definition) is 2. The summed E-state index contributed by atoms with van der Waals surface area (Å²) >= 11 is 5.97. The highest BCUT2D eigenvalue weighted by molar-refractivity contribution is 6.31. The van der Waals surface area contributed by atoms with Gasteiger partial charge in [-0.1, -0.05) is 23.7 Å². The molecule has 0 fully saturated rings. The lowest BCUT2D eigenvalue weighted by Crippen LogP contribution is -2.20. The molecule has 0 spiro atoms. The Morgan fingerprint density at radius 3 is 2.60 bits per heavy atom. The molecule has 1 heterocycles. The largest absolute Gasteiger partial charge is 0.435 e. The number of tetrazole rings is 1. The third-order valence-electron chi connectivity index (χ3n) is 4.21. The van der Waals surface area contributed by atoms with E-state index < -0.39 is 18.2 Å². The molecule has 11 heteroatoms. The molecule has 152 valence electrons. The molecule has 8 nitrogen and oxygen atoms in total. The number of carbonyl (C=O) groups excluding carboxylic acids is 1. The van der Waals surface area contributed by atoms with Gasteiger partial charge in [0.25, 0.3) is 5.91 Å². The van der Waals surface area contributed by atoms with E-state index in [0.717, 1.165) is 21.5 Å². The molecule has 0 saturated carbocycles. The number of rotatable bonds is 5. The van der Waals surface area contributed by atoms with Crippen LogP contribution in [0.25, 0.3) is 16.5 Å². The second kappa shape index (κ2) is 7.91. The Kier molecular flexibility index (Phi) is 5.15. The molecular formula is C19H12ClF2N5O3. The molecule has 0 aliphatic carbocycles. The Bertz CT molecular complexity index is 1300. The molecule has 0 atom stereocenters. The van der Waals surface area contributed by atoms with Gasteiger partial charge in [-0.3, -0.25) is 4.79 Å². The molecule has 4 rings (SSSR count). The zero-order valence-electron chi connectivity index (χ0n) is 15.0. The van der Waals surface area contributed by atoms with Crippen molar-refractivity contribution in [3.63, 3.8) is 0 Å². The minimum absolute atomic E-state index is 0.00724. The predicted molar refractivity (Wildman–Crippen MR) is 106 cm³/mol. The molecule has 0 radical (unpaired) electrons. The lowest BCUT2D eigenvalue weighted by molar-refractivity contribution is -0.0498. The smallest absolute Gasteiger partial charge is 0.387 e. The van der Waals surface area contributed by atoms with E-state index >= 15 is 0 Å². The number of nitrogens with zero attached hydrogens (tertiary/aromatic N) is 3. The van der Waals surface area contributed by atoms with Crippen LogP contribution in [0, 0.1) is 0 Å². The normalized spacial score (nSPS) is 11.1. The second-order valence-electron chi connectivity index (χ2n) is 6.14. The fourth-order valence-corrected chi connectivity index (χ4v) is 3.06. The minimum Gasteiger partial charge on any atom is -0.435 e. The number of aromatic amines is 1. The van der Waals surface area contributed by atoms with E-state index in [9.17, 15) is 18.4 Å². The summed E-state index contributed by atoms with van der Waals surface area (Å²) in [6.45, 7) is -3.06. The number of ether oxygens (including phenoxy) is 1. The van der Waals surface area contributed by atoms with Crippen LogP contribution in [0.15, 0.2) is 59.4 Å². The number of aromatic nitrogens is 4. The van der Waals surface area contributed by atoms with Crippen molar-refractivity contribution in [2.24, 2.45) is 0 Å². The molecule has 4 aromatic rings. The van der Waals surface area contributed by atoms with Crippen molar-refractivity contribution in [3.05, 3.63) is 75.7 Å². The van der Waals surface area contributed by atoms with E-state index in [4.69, 9.17) is 11.6 Å². The number of amides is 1. The van der Waals surface area contributed by atoms with Crippen molar-refractivity contribution in [1.82, 2.24) is 20.2 Å². The van der Waals surface area contributed by atoms with Gasteiger partial charge in [-0.25, -0.2) is 9.89 Å². The van der Waals surface area contributed by atoms with Gasteiger partial charge in [-0.2, -0.15) is 13.5 Å². The van der Waals surface area contributed by atoms with Crippen LogP contribution in [0.5, 0.6) is 5.75 Å². The second-order valence-corrected chi connectivity index (χ2v) is 6.57. The standard InChI is InChI=1S/C19H12ClF2N5O3/c20-13-4-3-10-7-12(2-1-11(10)8-13)17(28)23-15-6-5-14(30-18(21)22)9-16(15)27-19(29)24-25-26-27/h1-9,18H,(H,23,28)(H,24,26,29). The number of halogens is 3. The molecule has 0 aliphatic rings. The first-order valence-corrected chi connectivity index (χ1v) is 8.89. The molecule has 0 unspecified atom stereocenters. The van der Waals surface area contributed by atoms with Gasteiger partial charge in [0.05, 0.1) is 11.4 Å². The Morgan fingerprint density at radius 2 is 1.87 bits per heavy atom. The van der Waals surface area contributed by atoms with E-state index in [1.807, 2.05) is 0 Å². The maximum Gasteiger partial charge on any atom is 0.387 e. The number of carbonyl (C=O) groups is 1. The fourth-order valence-electron chi connectivity index (χ4n) is 2.88. The van der Waals surface area contributed by atoms with E-state index in [-0.39, 0.29) is 17.1 Å². The van der Waals surface area contributed by atoms with Crippen molar-refractivity contribution < 1.29 is 18.3 Å². The molecule has 2 N–H and O–H groups in total. The maximum atomic E-state index is 12.8. The summed E-state index contributed by atoms with van der Waals surface area (Å²) < 4.78 is 30.3. The molecule has 1 aromatic heterocycles. The number of alkyl halides is 2. The van der Waals surface area contributed by atoms with E-state index in [2.05, 4.69) is 25.6 Å². The number of anilines is 1. The van der Waals surface area contributed by atoms with Crippen molar-refractivity contribution >= 4 is 34.0 Å². The van der Waals surface area contributed by atoms with Gasteiger partial charge in [0, 0.05) is 16.7 Å². The Balaban J connectivity index is 1.69. The predicted octanol–water partition coefficient (Wildman–Crippen LogP) is 3.62. The lowest BCUT2D eigenvalue weighted by atomic mass is 10.1. The SMILES string of the molecule is O=C(Nc1ccc(OC(F)F)cc1-n1nn[nH]c1=O)c1ccc2cc(Cl)ccc2c1. The summed E-state index contributed by atoms with van der Waals surface area (Å²) in [5.74, 6) is -0.692. The van der Waals surface area contributed by atoms with Crippen LogP contribution in [0.1, 0.15) is 10.4 Å². The number of nitrogens with one attached hydrogen (secondary N) is 2. The molecule has 30 heavy (non-hydrogen) atoms. The van der Waals surface area contributed by atoms with Crippen LogP contribution in [0.2, 0.25) is 5.02 Å². The lowest BCUT2D eigenvalue weighted by Gasteiger charge is -2.13. The number of fused-ring (bicyclic) bond motifs is 1. The zero-order chi connectivity index (χ0) is 21.3. The number of hydrogen-bond acceptors (Lipinski definition) is 5. The number of H-pyrrole nitrogens is 1. The van der Waals surface area contributed by atoms with E-state index in [0.29, 0.717) is 10.6 Å². The Hall–Kier alpha value is -3.79. The highest BCUT2D eigenvalue weighted by Gasteiger charge is 2.16. The highest BCUT2D eigenvalue weighted by Crippen LogP contribution is 2.27. The van der Waals surface area contributed by atoms with Crippen molar-refractivity contribution in [1.29, 1.82) is 0 Å². The summed E-state index contributed by atoms with van der Waals surface area (Å²) in [7, 11) is 0. The Morgan fingerprint density at radius 1 is 1.10 bits per heavy atom. The van der Waals surface area contributed by atoms with Gasteiger partial charge in [0.15, 0.2) is 0 Å². The fraction of sp³-hybridized carbons (Fsp3) is 0.0526. The molecule has 3 aromatic carbocycles. The first-order valence-electron chi connectivity index (χ1n) is 8.51. The summed E-state index contributed by atoms with van der Waals surface area (Å²) in [4.78, 5) is 24.7. The van der Waals surface area contributed by atoms with Gasteiger partial charge in [0.2, 0.25) is 0 Å².